The molecule has 0 atom stereocenters. The van der Waals surface area contributed by atoms with E-state index in [1.165, 1.54) is 38.5 Å². The van der Waals surface area contributed by atoms with Gasteiger partial charge in [0.2, 0.25) is 0 Å². The molecule has 1 fully saturated rings. The van der Waals surface area contributed by atoms with E-state index in [-0.39, 0.29) is 10.6 Å². The van der Waals surface area contributed by atoms with Gasteiger partial charge in [0.15, 0.2) is 0 Å². The van der Waals surface area contributed by atoms with Gasteiger partial charge in [0, 0.05) is 12.1 Å². The second-order valence-electron chi connectivity index (χ2n) is 5.72. The lowest BCUT2D eigenvalue weighted by molar-refractivity contribution is -0.384. The number of benzene rings is 1. The van der Waals surface area contributed by atoms with Gasteiger partial charge >= 0.3 is 0 Å². The lowest BCUT2D eigenvalue weighted by Crippen LogP contribution is -2.21. The normalized spacial score (nSPS) is 16.2. The van der Waals surface area contributed by atoms with Crippen LogP contribution in [-0.2, 0) is 6.42 Å². The van der Waals surface area contributed by atoms with Crippen molar-refractivity contribution in [2.24, 2.45) is 5.92 Å². The lowest BCUT2D eigenvalue weighted by Gasteiger charge is -2.21. The highest BCUT2D eigenvalue weighted by atomic mass is 16.6. The summed E-state index contributed by atoms with van der Waals surface area (Å²) in [6, 6.07) is 6.86. The number of nitro groups is 1. The number of nitro benzene ring substituents is 1. The van der Waals surface area contributed by atoms with Gasteiger partial charge in [-0.3, -0.25) is 10.1 Å². The fraction of sp³-hybridized carbons (Fsp3) is 0.625. The Balaban J connectivity index is 1.59. The standard InChI is InChI=1S/C16H24N2O2/c19-18(20)16-8-6-15(7-9-16)11-13-17-12-10-14-4-2-1-3-5-14/h6-9,14,17H,1-5,10-13H2. The largest absolute Gasteiger partial charge is 0.316 e. The third-order valence-electron chi connectivity index (χ3n) is 4.19. The smallest absolute Gasteiger partial charge is 0.269 e. The number of nitrogens with one attached hydrogen (secondary N) is 1. The van der Waals surface area contributed by atoms with Crippen molar-refractivity contribution in [3.63, 3.8) is 0 Å². The van der Waals surface area contributed by atoms with Crippen molar-refractivity contribution in [3.05, 3.63) is 39.9 Å². The number of hydrogen-bond donors (Lipinski definition) is 1. The summed E-state index contributed by atoms with van der Waals surface area (Å²) in [5, 5.41) is 14.0. The Morgan fingerprint density at radius 2 is 1.80 bits per heavy atom. The molecule has 0 heterocycles. The van der Waals surface area contributed by atoms with Gasteiger partial charge in [-0.25, -0.2) is 0 Å². The van der Waals surface area contributed by atoms with Gasteiger partial charge in [-0.05, 0) is 37.4 Å². The van der Waals surface area contributed by atoms with Crippen molar-refractivity contribution < 1.29 is 4.92 Å². The van der Waals surface area contributed by atoms with Crippen LogP contribution < -0.4 is 5.32 Å². The molecule has 2 rings (SSSR count). The fourth-order valence-electron chi connectivity index (χ4n) is 2.92. The number of hydrogen-bond acceptors (Lipinski definition) is 3. The summed E-state index contributed by atoms with van der Waals surface area (Å²) in [4.78, 5) is 10.2. The Kier molecular flexibility index (Phi) is 5.99. The zero-order chi connectivity index (χ0) is 14.2. The van der Waals surface area contributed by atoms with E-state index in [0.717, 1.165) is 31.0 Å². The lowest BCUT2D eigenvalue weighted by atomic mass is 9.87. The Hall–Kier alpha value is -1.42. The molecular formula is C16H24N2O2. The van der Waals surface area contributed by atoms with Crippen LogP contribution in [0.3, 0.4) is 0 Å². The van der Waals surface area contributed by atoms with Crippen LogP contribution in [0.25, 0.3) is 0 Å². The molecule has 1 N–H and O–H groups in total. The minimum atomic E-state index is -0.355. The maximum atomic E-state index is 10.6. The van der Waals surface area contributed by atoms with Gasteiger partial charge in [-0.2, -0.15) is 0 Å². The summed E-state index contributed by atoms with van der Waals surface area (Å²) in [7, 11) is 0. The van der Waals surface area contributed by atoms with Crippen LogP contribution in [0.15, 0.2) is 24.3 Å². The van der Waals surface area contributed by atoms with Crippen molar-refractivity contribution in [1.29, 1.82) is 0 Å². The number of nitrogens with zero attached hydrogens (tertiary/aromatic N) is 1. The molecule has 0 radical (unpaired) electrons. The van der Waals surface area contributed by atoms with Crippen molar-refractivity contribution in [1.82, 2.24) is 5.32 Å². The third-order valence-corrected chi connectivity index (χ3v) is 4.19. The van der Waals surface area contributed by atoms with Crippen LogP contribution in [0.1, 0.15) is 44.1 Å². The van der Waals surface area contributed by atoms with Gasteiger partial charge in [0.05, 0.1) is 4.92 Å². The van der Waals surface area contributed by atoms with E-state index in [9.17, 15) is 10.1 Å². The maximum Gasteiger partial charge on any atom is 0.269 e. The minimum absolute atomic E-state index is 0.166. The second kappa shape index (κ2) is 8.00. The highest BCUT2D eigenvalue weighted by Crippen LogP contribution is 2.25. The van der Waals surface area contributed by atoms with E-state index >= 15 is 0 Å². The average molecular weight is 276 g/mol. The zero-order valence-electron chi connectivity index (χ0n) is 12.0. The molecule has 0 aromatic heterocycles. The first-order valence-corrected chi connectivity index (χ1v) is 7.70. The Morgan fingerprint density at radius 3 is 2.45 bits per heavy atom. The molecule has 0 unspecified atom stereocenters. The van der Waals surface area contributed by atoms with Gasteiger partial charge in [0.25, 0.3) is 5.69 Å². The fourth-order valence-corrected chi connectivity index (χ4v) is 2.92. The molecule has 1 aliphatic carbocycles. The number of non-ortho nitro benzene ring substituents is 1. The molecule has 1 aromatic rings. The second-order valence-corrected chi connectivity index (χ2v) is 5.72. The average Bonchev–Trinajstić information content (AvgIpc) is 2.48. The summed E-state index contributed by atoms with van der Waals surface area (Å²) in [6.45, 7) is 2.04. The van der Waals surface area contributed by atoms with Gasteiger partial charge in [0.1, 0.15) is 0 Å². The summed E-state index contributed by atoms with van der Waals surface area (Å²) in [6.07, 6.45) is 9.28. The van der Waals surface area contributed by atoms with Crippen molar-refractivity contribution in [2.45, 2.75) is 44.9 Å². The predicted molar refractivity (Wildman–Crippen MR) is 80.9 cm³/mol. The predicted octanol–water partition coefficient (Wildman–Crippen LogP) is 3.70. The van der Waals surface area contributed by atoms with Crippen molar-refractivity contribution >= 4 is 5.69 Å². The molecule has 4 heteroatoms. The number of rotatable bonds is 7. The van der Waals surface area contributed by atoms with Crippen molar-refractivity contribution in [3.8, 4) is 0 Å². The monoisotopic (exact) mass is 276 g/mol. The Labute approximate surface area is 120 Å². The molecule has 0 spiro atoms. The first-order chi connectivity index (χ1) is 9.75. The van der Waals surface area contributed by atoms with E-state index in [1.54, 1.807) is 12.1 Å². The molecule has 0 aliphatic heterocycles. The van der Waals surface area contributed by atoms with E-state index in [1.807, 2.05) is 12.1 Å². The molecule has 0 amide bonds. The molecular weight excluding hydrogens is 252 g/mol. The SMILES string of the molecule is O=[N+]([O-])c1ccc(CCNCCC2CCCCC2)cc1. The molecule has 20 heavy (non-hydrogen) atoms. The molecule has 110 valence electrons. The van der Waals surface area contributed by atoms with Crippen LogP contribution in [0.2, 0.25) is 0 Å². The highest BCUT2D eigenvalue weighted by Gasteiger charge is 2.12. The molecule has 0 saturated heterocycles. The van der Waals surface area contributed by atoms with Crippen LogP contribution in [-0.4, -0.2) is 18.0 Å². The van der Waals surface area contributed by atoms with E-state index < -0.39 is 0 Å². The van der Waals surface area contributed by atoms with Gasteiger partial charge in [-0.1, -0.05) is 44.2 Å². The van der Waals surface area contributed by atoms with Crippen LogP contribution in [0.5, 0.6) is 0 Å². The topological polar surface area (TPSA) is 55.2 Å². The van der Waals surface area contributed by atoms with E-state index in [2.05, 4.69) is 5.32 Å². The molecule has 1 aliphatic rings. The quantitative estimate of drug-likeness (QED) is 0.469. The third kappa shape index (κ3) is 4.93. The summed E-state index contributed by atoms with van der Waals surface area (Å²) < 4.78 is 0. The maximum absolute atomic E-state index is 10.6. The molecule has 1 saturated carbocycles. The van der Waals surface area contributed by atoms with E-state index in [4.69, 9.17) is 0 Å². The minimum Gasteiger partial charge on any atom is -0.316 e. The first kappa shape index (κ1) is 15.0. The van der Waals surface area contributed by atoms with Gasteiger partial charge in [-0.15, -0.1) is 0 Å². The molecule has 4 nitrogen and oxygen atoms in total. The summed E-state index contributed by atoms with van der Waals surface area (Å²) in [5.74, 6) is 0.927. The summed E-state index contributed by atoms with van der Waals surface area (Å²) in [5.41, 5.74) is 1.32. The van der Waals surface area contributed by atoms with Crippen LogP contribution in [0.4, 0.5) is 5.69 Å². The van der Waals surface area contributed by atoms with Gasteiger partial charge < -0.3 is 5.32 Å². The molecule has 0 bridgehead atoms. The summed E-state index contributed by atoms with van der Waals surface area (Å²) >= 11 is 0. The van der Waals surface area contributed by atoms with Crippen LogP contribution >= 0.6 is 0 Å². The zero-order valence-corrected chi connectivity index (χ0v) is 12.0. The Morgan fingerprint density at radius 1 is 1.10 bits per heavy atom. The highest BCUT2D eigenvalue weighted by molar-refractivity contribution is 5.32. The van der Waals surface area contributed by atoms with Crippen LogP contribution in [0, 0.1) is 16.0 Å². The first-order valence-electron chi connectivity index (χ1n) is 7.70. The van der Waals surface area contributed by atoms with E-state index in [0.29, 0.717) is 0 Å². The Bertz CT molecular complexity index is 411. The van der Waals surface area contributed by atoms with Crippen molar-refractivity contribution in [2.75, 3.05) is 13.1 Å². The molecule has 1 aromatic carbocycles.